The van der Waals surface area contributed by atoms with Gasteiger partial charge in [0.2, 0.25) is 0 Å². The quantitative estimate of drug-likeness (QED) is 0.868. The summed E-state index contributed by atoms with van der Waals surface area (Å²) in [6.07, 6.45) is 2.23. The fourth-order valence-corrected chi connectivity index (χ4v) is 2.87. The van der Waals surface area contributed by atoms with E-state index in [-0.39, 0.29) is 6.04 Å². The molecule has 21 heavy (non-hydrogen) atoms. The van der Waals surface area contributed by atoms with Gasteiger partial charge in [-0.1, -0.05) is 6.07 Å². The van der Waals surface area contributed by atoms with Gasteiger partial charge < -0.3 is 4.74 Å². The molecule has 0 bridgehead atoms. The zero-order chi connectivity index (χ0) is 15.6. The second-order valence-corrected chi connectivity index (χ2v) is 6.65. The number of benzene rings is 1. The van der Waals surface area contributed by atoms with Crippen LogP contribution in [0.4, 0.5) is 0 Å². The predicted octanol–water partition coefficient (Wildman–Crippen LogP) is 3.66. The van der Waals surface area contributed by atoms with Crippen LogP contribution in [0.1, 0.15) is 43.4 Å². The summed E-state index contributed by atoms with van der Waals surface area (Å²) in [7, 11) is 0. The van der Waals surface area contributed by atoms with Crippen LogP contribution in [0.25, 0.3) is 0 Å². The van der Waals surface area contributed by atoms with E-state index >= 15 is 0 Å². The Morgan fingerprint density at radius 1 is 1.33 bits per heavy atom. The minimum absolute atomic E-state index is 0.272. The van der Waals surface area contributed by atoms with Crippen LogP contribution >= 0.6 is 0 Å². The molecule has 1 aliphatic carbocycles. The first kappa shape index (κ1) is 15.9. The molecule has 1 aromatic carbocycles. The lowest BCUT2D eigenvalue weighted by molar-refractivity contribution is 0.191. The maximum Gasteiger partial charge on any atom is 0.144 e. The summed E-state index contributed by atoms with van der Waals surface area (Å²) < 4.78 is 6.07. The molecule has 0 aromatic heterocycles. The lowest BCUT2D eigenvalue weighted by atomic mass is 9.95. The SMILES string of the molecule is Cc1cc(C)c(C)c(OCC(C#N)(NC(C)C)C2CC2)c1. The Labute approximate surface area is 128 Å². The highest BCUT2D eigenvalue weighted by Crippen LogP contribution is 2.40. The van der Waals surface area contributed by atoms with Gasteiger partial charge in [0, 0.05) is 6.04 Å². The van der Waals surface area contributed by atoms with E-state index in [9.17, 15) is 5.26 Å². The number of hydrogen-bond acceptors (Lipinski definition) is 3. The van der Waals surface area contributed by atoms with Crippen molar-refractivity contribution in [2.75, 3.05) is 6.61 Å². The average Bonchev–Trinajstić information content (AvgIpc) is 3.24. The highest BCUT2D eigenvalue weighted by molar-refractivity contribution is 5.42. The molecule has 1 atom stereocenters. The second-order valence-electron chi connectivity index (χ2n) is 6.65. The van der Waals surface area contributed by atoms with Crippen LogP contribution < -0.4 is 10.1 Å². The van der Waals surface area contributed by atoms with Gasteiger partial charge in [-0.3, -0.25) is 5.32 Å². The third-order valence-electron chi connectivity index (χ3n) is 4.24. The van der Waals surface area contributed by atoms with Crippen molar-refractivity contribution >= 4 is 0 Å². The molecule has 1 N–H and O–H groups in total. The molecule has 1 saturated carbocycles. The summed E-state index contributed by atoms with van der Waals surface area (Å²) in [6, 6.07) is 6.99. The molecule has 0 heterocycles. The van der Waals surface area contributed by atoms with Crippen molar-refractivity contribution in [2.24, 2.45) is 5.92 Å². The minimum atomic E-state index is -0.557. The first-order valence-corrected chi connectivity index (χ1v) is 7.77. The molecule has 2 rings (SSSR count). The normalized spacial score (nSPS) is 17.4. The van der Waals surface area contributed by atoms with Gasteiger partial charge >= 0.3 is 0 Å². The van der Waals surface area contributed by atoms with E-state index in [0.29, 0.717) is 12.5 Å². The van der Waals surface area contributed by atoms with E-state index in [4.69, 9.17) is 4.74 Å². The number of hydrogen-bond donors (Lipinski definition) is 1. The predicted molar refractivity (Wildman–Crippen MR) is 85.5 cm³/mol. The molecule has 0 radical (unpaired) electrons. The molecule has 1 fully saturated rings. The summed E-state index contributed by atoms with van der Waals surface area (Å²) >= 11 is 0. The van der Waals surface area contributed by atoms with Crippen LogP contribution in [-0.2, 0) is 0 Å². The molecule has 3 heteroatoms. The molecule has 1 unspecified atom stereocenters. The van der Waals surface area contributed by atoms with Crippen LogP contribution in [-0.4, -0.2) is 18.2 Å². The molecule has 0 saturated heterocycles. The summed E-state index contributed by atoms with van der Waals surface area (Å²) in [5, 5.41) is 13.1. The lowest BCUT2D eigenvalue weighted by Gasteiger charge is -2.30. The summed E-state index contributed by atoms with van der Waals surface area (Å²) in [5.41, 5.74) is 3.03. The molecule has 0 amide bonds. The molecular formula is C18H26N2O. The van der Waals surface area contributed by atoms with Crippen LogP contribution in [0.3, 0.4) is 0 Å². The second kappa shape index (κ2) is 6.07. The maximum absolute atomic E-state index is 9.70. The number of nitrogens with one attached hydrogen (secondary N) is 1. The van der Waals surface area contributed by atoms with Gasteiger partial charge in [-0.15, -0.1) is 0 Å². The highest BCUT2D eigenvalue weighted by atomic mass is 16.5. The highest BCUT2D eigenvalue weighted by Gasteiger charge is 2.46. The number of nitrogens with zero attached hydrogens (tertiary/aromatic N) is 1. The fraction of sp³-hybridized carbons (Fsp3) is 0.611. The number of nitriles is 1. The van der Waals surface area contributed by atoms with Gasteiger partial charge in [-0.2, -0.15) is 5.26 Å². The van der Waals surface area contributed by atoms with E-state index in [0.717, 1.165) is 24.2 Å². The van der Waals surface area contributed by atoms with Crippen molar-refractivity contribution in [1.82, 2.24) is 5.32 Å². The van der Waals surface area contributed by atoms with Crippen molar-refractivity contribution < 1.29 is 4.74 Å². The molecule has 0 aliphatic heterocycles. The Kier molecular flexibility index (Phi) is 4.58. The van der Waals surface area contributed by atoms with Gasteiger partial charge in [0.1, 0.15) is 17.9 Å². The topological polar surface area (TPSA) is 45.0 Å². The summed E-state index contributed by atoms with van der Waals surface area (Å²) in [4.78, 5) is 0. The summed E-state index contributed by atoms with van der Waals surface area (Å²) in [6.45, 7) is 10.8. The minimum Gasteiger partial charge on any atom is -0.490 e. The van der Waals surface area contributed by atoms with Crippen molar-refractivity contribution in [3.05, 3.63) is 28.8 Å². The van der Waals surface area contributed by atoms with E-state index < -0.39 is 5.54 Å². The van der Waals surface area contributed by atoms with Crippen molar-refractivity contribution in [3.8, 4) is 11.8 Å². The zero-order valence-corrected chi connectivity index (χ0v) is 13.8. The van der Waals surface area contributed by atoms with Gasteiger partial charge in [0.25, 0.3) is 0 Å². The Morgan fingerprint density at radius 3 is 2.52 bits per heavy atom. The van der Waals surface area contributed by atoms with Gasteiger partial charge in [-0.25, -0.2) is 0 Å². The van der Waals surface area contributed by atoms with Gasteiger partial charge in [0.05, 0.1) is 6.07 Å². The molecule has 114 valence electrons. The van der Waals surface area contributed by atoms with E-state index in [1.807, 2.05) is 0 Å². The smallest absolute Gasteiger partial charge is 0.144 e. The fourth-order valence-electron chi connectivity index (χ4n) is 2.87. The molecule has 0 spiro atoms. The van der Waals surface area contributed by atoms with Crippen LogP contribution in [0.2, 0.25) is 0 Å². The Balaban J connectivity index is 2.18. The first-order chi connectivity index (χ1) is 9.88. The van der Waals surface area contributed by atoms with E-state index in [1.165, 1.54) is 11.1 Å². The van der Waals surface area contributed by atoms with Crippen molar-refractivity contribution in [1.29, 1.82) is 5.26 Å². The Hall–Kier alpha value is -1.53. The van der Waals surface area contributed by atoms with Crippen LogP contribution in [0, 0.1) is 38.0 Å². The van der Waals surface area contributed by atoms with Crippen molar-refractivity contribution in [2.45, 2.75) is 59.0 Å². The largest absolute Gasteiger partial charge is 0.490 e. The lowest BCUT2D eigenvalue weighted by Crippen LogP contribution is -2.53. The monoisotopic (exact) mass is 286 g/mol. The zero-order valence-electron chi connectivity index (χ0n) is 13.8. The standard InChI is InChI=1S/C18H26N2O/c1-12(2)20-18(10-19,16-6-7-16)11-21-17-9-13(3)8-14(4)15(17)5/h8-9,12,16,20H,6-7,11H2,1-5H3. The van der Waals surface area contributed by atoms with Gasteiger partial charge in [-0.05, 0) is 76.1 Å². The molecule has 3 nitrogen and oxygen atoms in total. The average molecular weight is 286 g/mol. The van der Waals surface area contributed by atoms with E-state index in [1.54, 1.807) is 0 Å². The van der Waals surface area contributed by atoms with Crippen LogP contribution in [0.15, 0.2) is 12.1 Å². The number of rotatable bonds is 6. The molecule has 1 aromatic rings. The maximum atomic E-state index is 9.70. The number of aryl methyl sites for hydroxylation is 2. The number of ether oxygens (including phenoxy) is 1. The Bertz CT molecular complexity index is 555. The van der Waals surface area contributed by atoms with E-state index in [2.05, 4.69) is 58.1 Å². The van der Waals surface area contributed by atoms with Gasteiger partial charge in [0.15, 0.2) is 0 Å². The third kappa shape index (κ3) is 3.57. The molecular weight excluding hydrogens is 260 g/mol. The third-order valence-corrected chi connectivity index (χ3v) is 4.24. The Morgan fingerprint density at radius 2 is 2.00 bits per heavy atom. The van der Waals surface area contributed by atoms with Crippen LogP contribution in [0.5, 0.6) is 5.75 Å². The molecule has 1 aliphatic rings. The summed E-state index contributed by atoms with van der Waals surface area (Å²) in [5.74, 6) is 1.31. The van der Waals surface area contributed by atoms with Crippen molar-refractivity contribution in [3.63, 3.8) is 0 Å². The first-order valence-electron chi connectivity index (χ1n) is 7.77.